The van der Waals surface area contributed by atoms with Crippen LogP contribution < -0.4 is 0 Å². The Labute approximate surface area is 96.9 Å². The molecule has 0 aliphatic carbocycles. The molecule has 0 spiro atoms. The highest BCUT2D eigenvalue weighted by atomic mass is 16.5. The van der Waals surface area contributed by atoms with E-state index in [-0.39, 0.29) is 5.97 Å². The second-order valence-corrected chi connectivity index (χ2v) is 3.71. The van der Waals surface area contributed by atoms with E-state index in [9.17, 15) is 4.79 Å². The first kappa shape index (κ1) is 12.5. The van der Waals surface area contributed by atoms with Crippen LogP contribution in [0.15, 0.2) is 30.3 Å². The summed E-state index contributed by atoms with van der Waals surface area (Å²) in [5.74, 6) is -0.261. The van der Waals surface area contributed by atoms with Crippen molar-refractivity contribution in [2.75, 3.05) is 7.11 Å². The zero-order valence-corrected chi connectivity index (χ0v) is 10.1. The van der Waals surface area contributed by atoms with Gasteiger partial charge in [0.05, 0.1) is 12.7 Å². The Balaban J connectivity index is 3.11. The Bertz CT molecular complexity index is 391. The Morgan fingerprint density at radius 3 is 2.62 bits per heavy atom. The maximum Gasteiger partial charge on any atom is 0.338 e. The van der Waals surface area contributed by atoms with Gasteiger partial charge in [0, 0.05) is 0 Å². The number of rotatable bonds is 4. The monoisotopic (exact) mass is 218 g/mol. The molecule has 0 fully saturated rings. The summed E-state index contributed by atoms with van der Waals surface area (Å²) in [7, 11) is 1.42. The zero-order valence-electron chi connectivity index (χ0n) is 10.1. The van der Waals surface area contributed by atoms with Crippen molar-refractivity contribution in [2.45, 2.75) is 26.7 Å². The summed E-state index contributed by atoms with van der Waals surface area (Å²) in [6.07, 6.45) is 3.86. The van der Waals surface area contributed by atoms with Gasteiger partial charge in [0.25, 0.3) is 0 Å². The predicted octanol–water partition coefficient (Wildman–Crippen LogP) is 3.35. The highest BCUT2D eigenvalue weighted by Crippen LogP contribution is 2.20. The minimum absolute atomic E-state index is 0.261. The summed E-state index contributed by atoms with van der Waals surface area (Å²) in [4.78, 5) is 11.7. The van der Waals surface area contributed by atoms with Crippen LogP contribution in [0.3, 0.4) is 0 Å². The molecule has 0 N–H and O–H groups in total. The summed E-state index contributed by atoms with van der Waals surface area (Å²) >= 11 is 0. The van der Waals surface area contributed by atoms with Crippen LogP contribution in [0.2, 0.25) is 0 Å². The van der Waals surface area contributed by atoms with Crippen molar-refractivity contribution in [2.24, 2.45) is 0 Å². The van der Waals surface area contributed by atoms with E-state index >= 15 is 0 Å². The van der Waals surface area contributed by atoms with Crippen LogP contribution in [0.25, 0.3) is 5.57 Å². The molecule has 0 aliphatic heterocycles. The first-order chi connectivity index (χ1) is 7.70. The maximum absolute atomic E-state index is 11.7. The molecule has 0 atom stereocenters. The van der Waals surface area contributed by atoms with Crippen LogP contribution in [0.1, 0.15) is 30.9 Å². The second kappa shape index (κ2) is 6.11. The summed E-state index contributed by atoms with van der Waals surface area (Å²) in [6.45, 7) is 4.08. The van der Waals surface area contributed by atoms with E-state index in [4.69, 9.17) is 4.74 Å². The fourth-order valence-corrected chi connectivity index (χ4v) is 1.58. The number of unbranched alkanes of at least 4 members (excludes halogenated alkanes) is 1. The van der Waals surface area contributed by atoms with Gasteiger partial charge in [-0.1, -0.05) is 43.7 Å². The van der Waals surface area contributed by atoms with Crippen LogP contribution in [0.4, 0.5) is 0 Å². The lowest BCUT2D eigenvalue weighted by atomic mass is 9.99. The van der Waals surface area contributed by atoms with Crippen molar-refractivity contribution in [1.82, 2.24) is 0 Å². The molecule has 0 unspecified atom stereocenters. The molecule has 2 heteroatoms. The second-order valence-electron chi connectivity index (χ2n) is 3.71. The van der Waals surface area contributed by atoms with E-state index < -0.39 is 0 Å². The fraction of sp³-hybridized carbons (Fsp3) is 0.357. The van der Waals surface area contributed by atoms with Crippen LogP contribution >= 0.6 is 0 Å². The summed E-state index contributed by atoms with van der Waals surface area (Å²) in [5.41, 5.74) is 2.72. The van der Waals surface area contributed by atoms with Gasteiger partial charge >= 0.3 is 5.97 Å². The summed E-state index contributed by atoms with van der Waals surface area (Å²) in [5, 5.41) is 0. The number of ether oxygens (including phenoxy) is 1. The van der Waals surface area contributed by atoms with Crippen LogP contribution in [-0.2, 0) is 9.53 Å². The number of benzene rings is 1. The topological polar surface area (TPSA) is 26.3 Å². The van der Waals surface area contributed by atoms with Gasteiger partial charge in [-0.3, -0.25) is 0 Å². The Morgan fingerprint density at radius 2 is 2.06 bits per heavy atom. The van der Waals surface area contributed by atoms with Gasteiger partial charge < -0.3 is 4.74 Å². The molecular formula is C14H18O2. The van der Waals surface area contributed by atoms with E-state index in [2.05, 4.69) is 6.92 Å². The van der Waals surface area contributed by atoms with E-state index in [1.54, 1.807) is 0 Å². The minimum Gasteiger partial charge on any atom is -0.465 e. The molecule has 1 rings (SSSR count). The molecular weight excluding hydrogens is 200 g/mol. The summed E-state index contributed by atoms with van der Waals surface area (Å²) < 4.78 is 4.81. The molecule has 1 aromatic carbocycles. The number of methoxy groups -OCH3 is 1. The molecule has 0 saturated carbocycles. The molecule has 0 heterocycles. The molecule has 0 radical (unpaired) electrons. The van der Waals surface area contributed by atoms with E-state index in [0.717, 1.165) is 24.0 Å². The standard InChI is InChI=1S/C14H18O2/c1-4-5-9-13(14(15)16-3)12-10-7-6-8-11(12)2/h6-10H,4-5H2,1-3H3. The van der Waals surface area contributed by atoms with E-state index in [1.165, 1.54) is 7.11 Å². The first-order valence-electron chi connectivity index (χ1n) is 5.55. The normalized spacial score (nSPS) is 11.3. The number of carbonyl (C=O) groups excluding carboxylic acids is 1. The summed E-state index contributed by atoms with van der Waals surface area (Å²) in [6, 6.07) is 7.85. The molecule has 0 bridgehead atoms. The largest absolute Gasteiger partial charge is 0.465 e. The van der Waals surface area contributed by atoms with Gasteiger partial charge in [0.1, 0.15) is 0 Å². The van der Waals surface area contributed by atoms with Gasteiger partial charge in [0.2, 0.25) is 0 Å². The third kappa shape index (κ3) is 2.96. The lowest BCUT2D eigenvalue weighted by Crippen LogP contribution is -2.05. The highest BCUT2D eigenvalue weighted by Gasteiger charge is 2.13. The van der Waals surface area contributed by atoms with Crippen molar-refractivity contribution in [1.29, 1.82) is 0 Å². The van der Waals surface area contributed by atoms with Crippen molar-refractivity contribution < 1.29 is 9.53 Å². The van der Waals surface area contributed by atoms with Crippen molar-refractivity contribution >= 4 is 11.5 Å². The Morgan fingerprint density at radius 1 is 1.38 bits per heavy atom. The first-order valence-corrected chi connectivity index (χ1v) is 5.55. The maximum atomic E-state index is 11.7. The Kier molecular flexibility index (Phi) is 4.77. The van der Waals surface area contributed by atoms with Crippen molar-refractivity contribution in [3.63, 3.8) is 0 Å². The van der Waals surface area contributed by atoms with Crippen molar-refractivity contribution in [3.05, 3.63) is 41.5 Å². The fourth-order valence-electron chi connectivity index (χ4n) is 1.58. The molecule has 86 valence electrons. The molecule has 0 aliphatic rings. The third-order valence-corrected chi connectivity index (χ3v) is 2.48. The number of hydrogen-bond donors (Lipinski definition) is 0. The molecule has 0 amide bonds. The lowest BCUT2D eigenvalue weighted by Gasteiger charge is -2.08. The van der Waals surface area contributed by atoms with Gasteiger partial charge in [0.15, 0.2) is 0 Å². The van der Waals surface area contributed by atoms with Gasteiger partial charge in [-0.25, -0.2) is 4.79 Å². The zero-order chi connectivity index (χ0) is 12.0. The molecule has 1 aromatic rings. The van der Waals surface area contributed by atoms with Crippen LogP contribution in [-0.4, -0.2) is 13.1 Å². The Hall–Kier alpha value is -1.57. The van der Waals surface area contributed by atoms with E-state index in [1.807, 2.05) is 37.3 Å². The smallest absolute Gasteiger partial charge is 0.338 e. The molecule has 2 nitrogen and oxygen atoms in total. The number of allylic oxidation sites excluding steroid dienone is 1. The van der Waals surface area contributed by atoms with Gasteiger partial charge in [-0.2, -0.15) is 0 Å². The molecule has 16 heavy (non-hydrogen) atoms. The predicted molar refractivity (Wildman–Crippen MR) is 66.1 cm³/mol. The molecule has 0 aromatic heterocycles. The molecule has 0 saturated heterocycles. The average Bonchev–Trinajstić information content (AvgIpc) is 2.31. The van der Waals surface area contributed by atoms with Crippen molar-refractivity contribution in [3.8, 4) is 0 Å². The quantitative estimate of drug-likeness (QED) is 0.572. The third-order valence-electron chi connectivity index (χ3n) is 2.48. The number of carbonyl (C=O) groups is 1. The minimum atomic E-state index is -0.261. The average molecular weight is 218 g/mol. The van der Waals surface area contributed by atoms with Gasteiger partial charge in [-0.15, -0.1) is 0 Å². The lowest BCUT2D eigenvalue weighted by molar-refractivity contribution is -0.133. The number of esters is 1. The van der Waals surface area contributed by atoms with E-state index in [0.29, 0.717) is 5.57 Å². The number of aryl methyl sites for hydroxylation is 1. The highest BCUT2D eigenvalue weighted by molar-refractivity contribution is 6.16. The number of hydrogen-bond acceptors (Lipinski definition) is 2. The van der Waals surface area contributed by atoms with Crippen LogP contribution in [0, 0.1) is 6.92 Å². The SMILES string of the molecule is CCCC=C(C(=O)OC)c1ccccc1C. The van der Waals surface area contributed by atoms with Crippen LogP contribution in [0.5, 0.6) is 0 Å². The van der Waals surface area contributed by atoms with Gasteiger partial charge in [-0.05, 0) is 24.5 Å².